The van der Waals surface area contributed by atoms with Crippen LogP contribution in [-0.2, 0) is 21.2 Å². The lowest BCUT2D eigenvalue weighted by Crippen LogP contribution is -2.47. The number of rotatable bonds is 7. The van der Waals surface area contributed by atoms with Gasteiger partial charge in [0.15, 0.2) is 0 Å². The lowest BCUT2D eigenvalue weighted by atomic mass is 10.0. The zero-order valence-electron chi connectivity index (χ0n) is 15.6. The molecule has 0 saturated carbocycles. The van der Waals surface area contributed by atoms with Crippen molar-refractivity contribution in [1.82, 2.24) is 4.72 Å². The van der Waals surface area contributed by atoms with Gasteiger partial charge >= 0.3 is 0 Å². The molecule has 0 aliphatic heterocycles. The van der Waals surface area contributed by atoms with Gasteiger partial charge < -0.3 is 5.32 Å². The second-order valence-electron chi connectivity index (χ2n) is 6.70. The van der Waals surface area contributed by atoms with Crippen LogP contribution >= 0.6 is 0 Å². The van der Waals surface area contributed by atoms with Crippen LogP contribution < -0.4 is 10.0 Å². The van der Waals surface area contributed by atoms with Gasteiger partial charge in [0.25, 0.3) is 0 Å². The molecule has 1 unspecified atom stereocenters. The number of hydrogen-bond donors (Lipinski definition) is 2. The maximum Gasteiger partial charge on any atom is 0.242 e. The van der Waals surface area contributed by atoms with Gasteiger partial charge in [0.2, 0.25) is 15.9 Å². The third-order valence-corrected chi connectivity index (χ3v) is 5.62. The fourth-order valence-electron chi connectivity index (χ4n) is 2.53. The Kier molecular flexibility index (Phi) is 6.56. The van der Waals surface area contributed by atoms with Gasteiger partial charge in [0.1, 0.15) is 6.04 Å². The standard InChI is InChI=1S/C20H26N2O3S/c1-5-16-7-6-8-17(13-16)21-20(23)19(14(2)3)22-26(24,25)18-11-9-15(4)10-12-18/h6-14,19,22H,5H2,1-4H3,(H,21,23). The molecule has 140 valence electrons. The van der Waals surface area contributed by atoms with Crippen molar-refractivity contribution in [2.45, 2.75) is 45.1 Å². The van der Waals surface area contributed by atoms with Crippen LogP contribution in [0, 0.1) is 12.8 Å². The van der Waals surface area contributed by atoms with E-state index in [0.29, 0.717) is 5.69 Å². The molecular formula is C20H26N2O3S. The Bertz CT molecular complexity index is 859. The van der Waals surface area contributed by atoms with Gasteiger partial charge in [-0.15, -0.1) is 0 Å². The molecule has 2 aromatic rings. The quantitative estimate of drug-likeness (QED) is 0.779. The van der Waals surface area contributed by atoms with Crippen LogP contribution in [0.25, 0.3) is 0 Å². The molecule has 1 atom stereocenters. The smallest absolute Gasteiger partial charge is 0.242 e. The van der Waals surface area contributed by atoms with Crippen molar-refractivity contribution in [3.8, 4) is 0 Å². The van der Waals surface area contributed by atoms with E-state index in [0.717, 1.165) is 17.5 Å². The summed E-state index contributed by atoms with van der Waals surface area (Å²) in [6, 6.07) is 13.2. The third-order valence-electron chi connectivity index (χ3n) is 4.17. The number of nitrogens with one attached hydrogen (secondary N) is 2. The molecule has 0 bridgehead atoms. The summed E-state index contributed by atoms with van der Waals surface area (Å²) in [5, 5.41) is 2.82. The fraction of sp³-hybridized carbons (Fsp3) is 0.350. The molecule has 0 spiro atoms. The molecule has 0 radical (unpaired) electrons. The molecular weight excluding hydrogens is 348 g/mol. The SMILES string of the molecule is CCc1cccc(NC(=O)C(NS(=O)(=O)c2ccc(C)cc2)C(C)C)c1. The van der Waals surface area contributed by atoms with Crippen molar-refractivity contribution in [2.75, 3.05) is 5.32 Å². The Morgan fingerprint density at radius 2 is 1.73 bits per heavy atom. The van der Waals surface area contributed by atoms with E-state index in [1.54, 1.807) is 18.2 Å². The first-order valence-electron chi connectivity index (χ1n) is 8.71. The second-order valence-corrected chi connectivity index (χ2v) is 8.41. The summed E-state index contributed by atoms with van der Waals surface area (Å²) in [5.41, 5.74) is 2.73. The van der Waals surface area contributed by atoms with Crippen molar-refractivity contribution in [3.05, 3.63) is 59.7 Å². The predicted molar refractivity (Wildman–Crippen MR) is 105 cm³/mol. The van der Waals surface area contributed by atoms with Gasteiger partial charge in [-0.3, -0.25) is 4.79 Å². The monoisotopic (exact) mass is 374 g/mol. The molecule has 26 heavy (non-hydrogen) atoms. The largest absolute Gasteiger partial charge is 0.325 e. The molecule has 2 rings (SSSR count). The maximum absolute atomic E-state index is 12.7. The van der Waals surface area contributed by atoms with Crippen molar-refractivity contribution >= 4 is 21.6 Å². The van der Waals surface area contributed by atoms with E-state index in [4.69, 9.17) is 0 Å². The fourth-order valence-corrected chi connectivity index (χ4v) is 3.88. The molecule has 5 nitrogen and oxygen atoms in total. The summed E-state index contributed by atoms with van der Waals surface area (Å²) in [4.78, 5) is 12.8. The Balaban J connectivity index is 2.19. The molecule has 0 saturated heterocycles. The van der Waals surface area contributed by atoms with Gasteiger partial charge in [-0.2, -0.15) is 4.72 Å². The van der Waals surface area contributed by atoms with E-state index in [2.05, 4.69) is 10.0 Å². The van der Waals surface area contributed by atoms with E-state index in [-0.39, 0.29) is 16.7 Å². The topological polar surface area (TPSA) is 75.3 Å². The van der Waals surface area contributed by atoms with E-state index >= 15 is 0 Å². The summed E-state index contributed by atoms with van der Waals surface area (Å²) in [6.45, 7) is 7.54. The number of hydrogen-bond acceptors (Lipinski definition) is 3. The van der Waals surface area contributed by atoms with Crippen LogP contribution in [0.2, 0.25) is 0 Å². The summed E-state index contributed by atoms with van der Waals surface area (Å²) >= 11 is 0. The van der Waals surface area contributed by atoms with E-state index < -0.39 is 16.1 Å². The van der Waals surface area contributed by atoms with Crippen molar-refractivity contribution in [3.63, 3.8) is 0 Å². The van der Waals surface area contributed by atoms with Crippen molar-refractivity contribution < 1.29 is 13.2 Å². The summed E-state index contributed by atoms with van der Waals surface area (Å²) in [5.74, 6) is -0.575. The highest BCUT2D eigenvalue weighted by Gasteiger charge is 2.28. The van der Waals surface area contributed by atoms with Crippen LogP contribution in [-0.4, -0.2) is 20.4 Å². The van der Waals surface area contributed by atoms with Crippen molar-refractivity contribution in [1.29, 1.82) is 0 Å². The molecule has 0 fully saturated rings. The van der Waals surface area contributed by atoms with Gasteiger partial charge in [-0.25, -0.2) is 8.42 Å². The van der Waals surface area contributed by atoms with Gasteiger partial charge in [-0.05, 0) is 49.1 Å². The molecule has 0 heterocycles. The number of carbonyl (C=O) groups excluding carboxylic acids is 1. The first-order chi connectivity index (χ1) is 12.2. The van der Waals surface area contributed by atoms with Crippen LogP contribution in [0.4, 0.5) is 5.69 Å². The lowest BCUT2D eigenvalue weighted by Gasteiger charge is -2.22. The summed E-state index contributed by atoms with van der Waals surface area (Å²) < 4.78 is 27.8. The zero-order valence-corrected chi connectivity index (χ0v) is 16.4. The van der Waals surface area contributed by atoms with E-state index in [1.165, 1.54) is 12.1 Å². The van der Waals surface area contributed by atoms with Crippen LogP contribution in [0.3, 0.4) is 0 Å². The number of benzene rings is 2. The Hall–Kier alpha value is -2.18. The first-order valence-corrected chi connectivity index (χ1v) is 10.2. The molecule has 2 aromatic carbocycles. The highest BCUT2D eigenvalue weighted by atomic mass is 32.2. The Morgan fingerprint density at radius 1 is 1.08 bits per heavy atom. The zero-order chi connectivity index (χ0) is 19.3. The van der Waals surface area contributed by atoms with Crippen LogP contribution in [0.15, 0.2) is 53.4 Å². The Morgan fingerprint density at radius 3 is 2.31 bits per heavy atom. The van der Waals surface area contributed by atoms with Crippen molar-refractivity contribution in [2.24, 2.45) is 5.92 Å². The summed E-state index contributed by atoms with van der Waals surface area (Å²) in [7, 11) is -3.78. The highest BCUT2D eigenvalue weighted by Crippen LogP contribution is 2.16. The maximum atomic E-state index is 12.7. The molecule has 6 heteroatoms. The summed E-state index contributed by atoms with van der Waals surface area (Å²) in [6.07, 6.45) is 0.859. The van der Waals surface area contributed by atoms with Gasteiger partial charge in [0.05, 0.1) is 4.90 Å². The number of anilines is 1. The molecule has 2 N–H and O–H groups in total. The number of carbonyl (C=O) groups is 1. The Labute approximate surface area is 155 Å². The first kappa shape index (κ1) is 20.1. The minimum Gasteiger partial charge on any atom is -0.325 e. The lowest BCUT2D eigenvalue weighted by molar-refractivity contribution is -0.118. The van der Waals surface area contributed by atoms with E-state index in [1.807, 2.05) is 45.9 Å². The third kappa shape index (κ3) is 5.16. The minimum absolute atomic E-state index is 0.148. The molecule has 0 aromatic heterocycles. The molecule has 0 aliphatic carbocycles. The minimum atomic E-state index is -3.78. The molecule has 1 amide bonds. The number of sulfonamides is 1. The van der Waals surface area contributed by atoms with Gasteiger partial charge in [0, 0.05) is 5.69 Å². The second kappa shape index (κ2) is 8.47. The van der Waals surface area contributed by atoms with Crippen LogP contribution in [0.5, 0.6) is 0 Å². The molecule has 0 aliphatic rings. The average molecular weight is 375 g/mol. The number of amides is 1. The average Bonchev–Trinajstić information content (AvgIpc) is 2.60. The van der Waals surface area contributed by atoms with E-state index in [9.17, 15) is 13.2 Å². The van der Waals surface area contributed by atoms with Gasteiger partial charge in [-0.1, -0.05) is 50.6 Å². The number of aryl methyl sites for hydroxylation is 2. The normalized spacial score (nSPS) is 12.8. The van der Waals surface area contributed by atoms with Crippen LogP contribution in [0.1, 0.15) is 31.9 Å². The predicted octanol–water partition coefficient (Wildman–Crippen LogP) is 3.50. The highest BCUT2D eigenvalue weighted by molar-refractivity contribution is 7.89.